The average molecular weight is 487 g/mol. The molecule has 1 aliphatic rings. The summed E-state index contributed by atoms with van der Waals surface area (Å²) in [5.74, 6) is 2.83. The van der Waals surface area contributed by atoms with Gasteiger partial charge in [0.2, 0.25) is 5.96 Å². The highest BCUT2D eigenvalue weighted by Crippen LogP contribution is 2.27. The number of terminal acetylenes is 1. The molecule has 1 aliphatic carbocycles. The molecule has 0 atom stereocenters. The third-order valence-corrected chi connectivity index (χ3v) is 5.90. The summed E-state index contributed by atoms with van der Waals surface area (Å²) in [6.45, 7) is 13.8. The molecule has 0 amide bonds. The number of thiophene rings is 1. The van der Waals surface area contributed by atoms with E-state index in [1.165, 1.54) is 17.7 Å². The van der Waals surface area contributed by atoms with E-state index in [0.29, 0.717) is 23.4 Å². The van der Waals surface area contributed by atoms with Crippen LogP contribution in [0.2, 0.25) is 0 Å². The van der Waals surface area contributed by atoms with Crippen molar-refractivity contribution < 1.29 is 0 Å². The molecular weight excluding hydrogens is 452 g/mol. The van der Waals surface area contributed by atoms with Gasteiger partial charge in [0.25, 0.3) is 0 Å². The number of hydrogen-bond acceptors (Lipinski definition) is 3. The lowest BCUT2D eigenvalue weighted by atomic mass is 10.2. The normalized spacial score (nSPS) is 15.5. The van der Waals surface area contributed by atoms with Crippen LogP contribution in [0.15, 0.2) is 56.9 Å². The Morgan fingerprint density at radius 2 is 1.94 bits per heavy atom. The van der Waals surface area contributed by atoms with Gasteiger partial charge in [0, 0.05) is 27.9 Å². The van der Waals surface area contributed by atoms with Crippen molar-refractivity contribution in [2.75, 3.05) is 13.1 Å². The SMILES string of the molecule is C#C.C=C/C(Cl)=C\C=C(/C)c1ccc(CN=C(/N=C(\C)N=C(C)NNCC2CC2)NCC)s1. The molecule has 178 valence electrons. The van der Waals surface area contributed by atoms with Crippen LogP contribution in [0.25, 0.3) is 5.57 Å². The molecule has 0 radical (unpaired) electrons. The van der Waals surface area contributed by atoms with Gasteiger partial charge in [-0.2, -0.15) is 4.99 Å². The van der Waals surface area contributed by atoms with Crippen LogP contribution in [0.3, 0.4) is 0 Å². The second-order valence-electron chi connectivity index (χ2n) is 7.35. The van der Waals surface area contributed by atoms with Crippen LogP contribution < -0.4 is 16.2 Å². The third-order valence-electron chi connectivity index (χ3n) is 4.41. The van der Waals surface area contributed by atoms with E-state index in [-0.39, 0.29) is 0 Å². The summed E-state index contributed by atoms with van der Waals surface area (Å²) in [6.07, 6.45) is 16.1. The van der Waals surface area contributed by atoms with Crippen LogP contribution in [0.5, 0.6) is 0 Å². The Bertz CT molecular complexity index is 932. The van der Waals surface area contributed by atoms with Crippen LogP contribution in [0.4, 0.5) is 0 Å². The number of nitrogens with one attached hydrogen (secondary N) is 3. The molecule has 1 aromatic rings. The number of aliphatic imine (C=N–C) groups is 3. The van der Waals surface area contributed by atoms with Crippen LogP contribution in [0, 0.1) is 18.8 Å². The summed E-state index contributed by atoms with van der Waals surface area (Å²) < 4.78 is 0. The van der Waals surface area contributed by atoms with Crippen LogP contribution in [-0.2, 0) is 6.54 Å². The van der Waals surface area contributed by atoms with Gasteiger partial charge in [0.05, 0.1) is 6.54 Å². The van der Waals surface area contributed by atoms with Crippen molar-refractivity contribution in [2.24, 2.45) is 20.9 Å². The van der Waals surface area contributed by atoms with E-state index in [0.717, 1.165) is 35.3 Å². The fourth-order valence-corrected chi connectivity index (χ4v) is 3.54. The number of halogens is 1. The fourth-order valence-electron chi connectivity index (χ4n) is 2.57. The molecule has 1 fully saturated rings. The Kier molecular flexibility index (Phi) is 13.8. The minimum absolute atomic E-state index is 0.560. The Morgan fingerprint density at radius 1 is 1.21 bits per heavy atom. The number of rotatable bonds is 9. The number of amidine groups is 2. The predicted octanol–water partition coefficient (Wildman–Crippen LogP) is 5.52. The highest BCUT2D eigenvalue weighted by Gasteiger charge is 2.20. The minimum atomic E-state index is 0.560. The molecule has 2 rings (SSSR count). The Morgan fingerprint density at radius 3 is 2.58 bits per heavy atom. The zero-order valence-electron chi connectivity index (χ0n) is 20.0. The van der Waals surface area contributed by atoms with Gasteiger partial charge in [-0.05, 0) is 70.2 Å². The minimum Gasteiger partial charge on any atom is -0.355 e. The van der Waals surface area contributed by atoms with Crippen molar-refractivity contribution in [3.8, 4) is 12.8 Å². The lowest BCUT2D eigenvalue weighted by Gasteiger charge is -2.07. The number of nitrogens with zero attached hydrogens (tertiary/aromatic N) is 3. The van der Waals surface area contributed by atoms with Gasteiger partial charge < -0.3 is 10.7 Å². The fraction of sp³-hybridized carbons (Fsp3) is 0.400. The highest BCUT2D eigenvalue weighted by atomic mass is 35.5. The molecule has 33 heavy (non-hydrogen) atoms. The van der Waals surface area contributed by atoms with Crippen molar-refractivity contribution in [1.29, 1.82) is 0 Å². The zero-order valence-corrected chi connectivity index (χ0v) is 21.6. The van der Waals surface area contributed by atoms with E-state index in [4.69, 9.17) is 11.6 Å². The largest absolute Gasteiger partial charge is 0.355 e. The molecular formula is C25H35ClN6S. The van der Waals surface area contributed by atoms with E-state index in [1.54, 1.807) is 17.4 Å². The Hall–Kier alpha value is -2.66. The van der Waals surface area contributed by atoms with Crippen molar-refractivity contribution in [3.05, 3.63) is 51.7 Å². The van der Waals surface area contributed by atoms with E-state index >= 15 is 0 Å². The Balaban J connectivity index is 0.00000265. The number of hydrogen-bond donors (Lipinski definition) is 3. The number of guanidine groups is 1. The first-order valence-corrected chi connectivity index (χ1v) is 12.1. The van der Waals surface area contributed by atoms with Gasteiger partial charge in [-0.3, -0.25) is 0 Å². The Labute approximate surface area is 207 Å². The third kappa shape index (κ3) is 12.2. The van der Waals surface area contributed by atoms with Crippen LogP contribution in [-0.4, -0.2) is 30.7 Å². The lowest BCUT2D eigenvalue weighted by Crippen LogP contribution is -2.37. The molecule has 0 bridgehead atoms. The van der Waals surface area contributed by atoms with E-state index < -0.39 is 0 Å². The van der Waals surface area contributed by atoms with Gasteiger partial charge >= 0.3 is 0 Å². The molecule has 3 N–H and O–H groups in total. The van der Waals surface area contributed by atoms with Gasteiger partial charge in [0.15, 0.2) is 0 Å². The molecule has 0 unspecified atom stereocenters. The van der Waals surface area contributed by atoms with E-state index in [9.17, 15) is 0 Å². The molecule has 1 saturated carbocycles. The molecule has 1 aromatic heterocycles. The molecule has 0 aliphatic heterocycles. The van der Waals surface area contributed by atoms with Crippen molar-refractivity contribution in [2.45, 2.75) is 47.1 Å². The highest BCUT2D eigenvalue weighted by molar-refractivity contribution is 7.13. The standard InChI is InChI=1S/C23H33ClN6S.C2H2/c1-6-20(24)11-8-16(3)22-13-12-21(31-22)15-26-23(25-7-2)29-17(4)28-18(5)30-27-14-19-9-10-19;1-2/h6,8,11-13,19,27H,1,7,9-10,14-15H2,2-5H3,(H2,25,26,28,29,30);1-2H/b16-8+,20-11+;. The maximum atomic E-state index is 5.98. The average Bonchev–Trinajstić information content (AvgIpc) is 3.50. The predicted molar refractivity (Wildman–Crippen MR) is 147 cm³/mol. The monoisotopic (exact) mass is 486 g/mol. The van der Waals surface area contributed by atoms with Crippen LogP contribution >= 0.6 is 22.9 Å². The van der Waals surface area contributed by atoms with Crippen molar-refractivity contribution in [3.63, 3.8) is 0 Å². The number of allylic oxidation sites excluding steroid dienone is 5. The molecule has 0 aromatic carbocycles. The lowest BCUT2D eigenvalue weighted by molar-refractivity contribution is 0.607. The van der Waals surface area contributed by atoms with E-state index in [1.807, 2.05) is 32.9 Å². The second-order valence-corrected chi connectivity index (χ2v) is 8.95. The summed E-state index contributed by atoms with van der Waals surface area (Å²) in [5, 5.41) is 3.83. The van der Waals surface area contributed by atoms with Gasteiger partial charge in [0.1, 0.15) is 11.7 Å². The summed E-state index contributed by atoms with van der Waals surface area (Å²) in [7, 11) is 0. The summed E-state index contributed by atoms with van der Waals surface area (Å²) in [5.41, 5.74) is 7.47. The van der Waals surface area contributed by atoms with E-state index in [2.05, 4.69) is 69.6 Å². The maximum absolute atomic E-state index is 5.98. The van der Waals surface area contributed by atoms with Crippen molar-refractivity contribution in [1.82, 2.24) is 16.2 Å². The zero-order chi connectivity index (χ0) is 24.6. The number of hydrazine groups is 1. The smallest absolute Gasteiger partial charge is 0.220 e. The molecule has 1 heterocycles. The second kappa shape index (κ2) is 16.0. The van der Waals surface area contributed by atoms with Crippen LogP contribution in [0.1, 0.15) is 50.3 Å². The van der Waals surface area contributed by atoms with Gasteiger partial charge in [-0.25, -0.2) is 15.4 Å². The van der Waals surface area contributed by atoms with Gasteiger partial charge in [-0.15, -0.1) is 24.2 Å². The van der Waals surface area contributed by atoms with Crippen molar-refractivity contribution >= 4 is 46.1 Å². The first-order chi connectivity index (χ1) is 15.9. The first kappa shape index (κ1) is 28.4. The summed E-state index contributed by atoms with van der Waals surface area (Å²) in [4.78, 5) is 16.0. The maximum Gasteiger partial charge on any atom is 0.220 e. The quantitative estimate of drug-likeness (QED) is 0.141. The molecule has 6 nitrogen and oxygen atoms in total. The van der Waals surface area contributed by atoms with Gasteiger partial charge in [-0.1, -0.05) is 30.3 Å². The summed E-state index contributed by atoms with van der Waals surface area (Å²) >= 11 is 7.69. The topological polar surface area (TPSA) is 73.2 Å². The first-order valence-electron chi connectivity index (χ1n) is 10.9. The summed E-state index contributed by atoms with van der Waals surface area (Å²) in [6, 6.07) is 4.20. The molecule has 0 spiro atoms. The molecule has 0 saturated heterocycles. The molecule has 8 heteroatoms.